The van der Waals surface area contributed by atoms with Gasteiger partial charge in [-0.05, 0) is 134 Å². The van der Waals surface area contributed by atoms with Gasteiger partial charge in [-0.1, -0.05) is 6.07 Å². The van der Waals surface area contributed by atoms with Crippen LogP contribution >= 0.6 is 0 Å². The summed E-state index contributed by atoms with van der Waals surface area (Å²) in [5.41, 5.74) is 3.56. The molecule has 3 fully saturated rings. The Kier molecular flexibility index (Phi) is 9.94. The van der Waals surface area contributed by atoms with E-state index in [1.165, 1.54) is 0 Å². The number of aromatic nitrogens is 2. The highest BCUT2D eigenvalue weighted by atomic mass is 16.7. The molecule has 2 aromatic carbocycles. The average Bonchev–Trinajstić information content (AvgIpc) is 3.46. The van der Waals surface area contributed by atoms with Crippen LogP contribution in [0, 0.1) is 12.8 Å². The number of imide groups is 1. The normalized spacial score (nSPS) is 21.9. The van der Waals surface area contributed by atoms with Crippen molar-refractivity contribution in [2.45, 2.75) is 103 Å². The van der Waals surface area contributed by atoms with Crippen LogP contribution in [0.25, 0.3) is 10.9 Å². The van der Waals surface area contributed by atoms with Crippen LogP contribution in [0.2, 0.25) is 0 Å². The van der Waals surface area contributed by atoms with E-state index in [1.54, 1.807) is 4.68 Å². The second-order valence-electron chi connectivity index (χ2n) is 15.1. The highest BCUT2D eigenvalue weighted by Gasteiger charge is 2.52. The summed E-state index contributed by atoms with van der Waals surface area (Å²) in [5.74, 6) is 0.412. The van der Waals surface area contributed by atoms with E-state index in [0.717, 1.165) is 66.5 Å². The van der Waals surface area contributed by atoms with Gasteiger partial charge in [0.15, 0.2) is 0 Å². The lowest BCUT2D eigenvalue weighted by atomic mass is 9.76. The molecular formula is C37H50BN5O6. The van der Waals surface area contributed by atoms with E-state index >= 15 is 0 Å². The summed E-state index contributed by atoms with van der Waals surface area (Å²) in [6, 6.07) is 11.8. The minimum atomic E-state index is -0.462. The lowest BCUT2D eigenvalue weighted by molar-refractivity contribution is -0.134. The Hall–Kier alpha value is -3.74. The van der Waals surface area contributed by atoms with Gasteiger partial charge in [0.2, 0.25) is 17.7 Å². The summed E-state index contributed by atoms with van der Waals surface area (Å²) in [5, 5.41) is 10.9. The van der Waals surface area contributed by atoms with Crippen molar-refractivity contribution in [2.75, 3.05) is 25.0 Å². The molecule has 12 heteroatoms. The van der Waals surface area contributed by atoms with Crippen molar-refractivity contribution in [3.8, 4) is 5.75 Å². The molecule has 0 spiro atoms. The third-order valence-electron chi connectivity index (χ3n) is 10.9. The van der Waals surface area contributed by atoms with Crippen LogP contribution in [0.5, 0.6) is 5.75 Å². The Labute approximate surface area is 289 Å². The fourth-order valence-corrected chi connectivity index (χ4v) is 7.13. The zero-order valence-electron chi connectivity index (χ0n) is 29.9. The van der Waals surface area contributed by atoms with Crippen molar-refractivity contribution in [1.82, 2.24) is 20.0 Å². The van der Waals surface area contributed by atoms with Gasteiger partial charge < -0.3 is 19.4 Å². The number of nitrogens with one attached hydrogen (secondary N) is 2. The number of hydrogen-bond acceptors (Lipinski definition) is 8. The third-order valence-corrected chi connectivity index (χ3v) is 10.9. The number of piperidine rings is 2. The number of benzene rings is 2. The summed E-state index contributed by atoms with van der Waals surface area (Å²) in [4.78, 5) is 39.2. The highest BCUT2D eigenvalue weighted by Crippen LogP contribution is 2.37. The van der Waals surface area contributed by atoms with Crippen LogP contribution in [0.4, 0.5) is 5.69 Å². The molecule has 3 aliphatic rings. The Morgan fingerprint density at radius 3 is 2.47 bits per heavy atom. The molecule has 0 radical (unpaired) electrons. The smallest absolute Gasteiger partial charge is 0.491 e. The molecule has 1 aromatic heterocycles. The van der Waals surface area contributed by atoms with Crippen molar-refractivity contribution in [1.29, 1.82) is 0 Å². The van der Waals surface area contributed by atoms with Crippen molar-refractivity contribution >= 4 is 46.9 Å². The van der Waals surface area contributed by atoms with E-state index in [1.807, 2.05) is 31.3 Å². The fourth-order valence-electron chi connectivity index (χ4n) is 7.13. The molecule has 2 atom stereocenters. The summed E-state index contributed by atoms with van der Waals surface area (Å²) < 4.78 is 20.5. The SMILES string of the molecule is Cc1cc(O[C@H](C)CCC2CCN(CC(=O)Nc3ccc4c(C5CCC(=O)NC5=O)nn(C)c4c3)CC2)ccc1B1OC(C)(C)C(C)(C)O1. The summed E-state index contributed by atoms with van der Waals surface area (Å²) in [6.07, 6.45) is 5.04. The van der Waals surface area contributed by atoms with E-state index in [2.05, 4.69) is 74.3 Å². The lowest BCUT2D eigenvalue weighted by Gasteiger charge is -2.32. The number of aryl methyl sites for hydroxylation is 2. The van der Waals surface area contributed by atoms with Gasteiger partial charge in [0.1, 0.15) is 5.75 Å². The predicted octanol–water partition coefficient (Wildman–Crippen LogP) is 4.60. The van der Waals surface area contributed by atoms with E-state index in [0.29, 0.717) is 36.7 Å². The number of fused-ring (bicyclic) bond motifs is 1. The first-order valence-corrected chi connectivity index (χ1v) is 17.6. The monoisotopic (exact) mass is 671 g/mol. The van der Waals surface area contributed by atoms with Gasteiger partial charge in [0.05, 0.1) is 41.0 Å². The quantitative estimate of drug-likeness (QED) is 0.237. The topological polar surface area (TPSA) is 124 Å². The second kappa shape index (κ2) is 13.9. The molecule has 0 aliphatic carbocycles. The summed E-state index contributed by atoms with van der Waals surface area (Å²) >= 11 is 0. The number of ether oxygens (including phenoxy) is 1. The van der Waals surface area contributed by atoms with Crippen molar-refractivity contribution in [2.24, 2.45) is 13.0 Å². The maximum Gasteiger partial charge on any atom is 0.495 e. The van der Waals surface area contributed by atoms with Crippen LogP contribution < -0.4 is 20.8 Å². The Morgan fingerprint density at radius 2 is 1.80 bits per heavy atom. The standard InChI is InChI=1S/C37H50BN5O6/c1-23-20-27(11-14-30(23)38-48-36(3,4)37(5,6)49-38)47-24(2)8-9-25-16-18-43(19-17-25)22-33(45)39-26-10-12-28-31(21-26)42(7)41-34(28)29-13-15-32(44)40-35(29)46/h10-12,14,20-21,24-25,29H,8-9,13,15-19,22H2,1-7H3,(H,39,45)(H,40,44,46)/t24-,29?/m1/s1. The maximum atomic E-state index is 13.0. The molecule has 6 rings (SSSR count). The van der Waals surface area contributed by atoms with Gasteiger partial charge in [-0.15, -0.1) is 0 Å². The Bertz CT molecular complexity index is 1710. The van der Waals surface area contributed by atoms with Gasteiger partial charge in [0, 0.05) is 24.5 Å². The average molecular weight is 672 g/mol. The molecular weight excluding hydrogens is 621 g/mol. The molecule has 3 aliphatic heterocycles. The van der Waals surface area contributed by atoms with Crippen molar-refractivity contribution < 1.29 is 28.4 Å². The first-order chi connectivity index (χ1) is 23.2. The molecule has 3 aromatic rings. The lowest BCUT2D eigenvalue weighted by Crippen LogP contribution is -2.41. The predicted molar refractivity (Wildman–Crippen MR) is 190 cm³/mol. The summed E-state index contributed by atoms with van der Waals surface area (Å²) in [7, 11) is 1.44. The van der Waals surface area contributed by atoms with Crippen LogP contribution in [0.15, 0.2) is 36.4 Å². The van der Waals surface area contributed by atoms with Gasteiger partial charge in [-0.3, -0.25) is 29.3 Å². The van der Waals surface area contributed by atoms with E-state index < -0.39 is 5.92 Å². The molecule has 262 valence electrons. The van der Waals surface area contributed by atoms with Gasteiger partial charge in [-0.2, -0.15) is 5.10 Å². The number of likely N-dealkylation sites (tertiary alicyclic amines) is 1. The number of amides is 3. The van der Waals surface area contributed by atoms with Crippen LogP contribution in [0.1, 0.15) is 90.3 Å². The van der Waals surface area contributed by atoms with E-state index in [-0.39, 0.29) is 42.1 Å². The number of carbonyl (C=O) groups excluding carboxylic acids is 3. The molecule has 49 heavy (non-hydrogen) atoms. The Balaban J connectivity index is 0.933. The van der Waals surface area contributed by atoms with Crippen LogP contribution in [-0.4, -0.2) is 76.5 Å². The third kappa shape index (κ3) is 7.71. The zero-order chi connectivity index (χ0) is 35.1. The largest absolute Gasteiger partial charge is 0.495 e. The molecule has 4 heterocycles. The van der Waals surface area contributed by atoms with E-state index in [4.69, 9.17) is 14.0 Å². The van der Waals surface area contributed by atoms with Crippen LogP contribution in [-0.2, 0) is 30.7 Å². The zero-order valence-corrected chi connectivity index (χ0v) is 29.9. The Morgan fingerprint density at radius 1 is 1.08 bits per heavy atom. The molecule has 3 amide bonds. The molecule has 0 bridgehead atoms. The molecule has 3 saturated heterocycles. The van der Waals surface area contributed by atoms with Crippen molar-refractivity contribution in [3.05, 3.63) is 47.7 Å². The molecule has 1 unspecified atom stereocenters. The minimum absolute atomic E-state index is 0.0489. The van der Waals surface area contributed by atoms with Gasteiger partial charge >= 0.3 is 7.12 Å². The second-order valence-corrected chi connectivity index (χ2v) is 15.1. The highest BCUT2D eigenvalue weighted by molar-refractivity contribution is 6.62. The number of carbonyl (C=O) groups is 3. The fraction of sp³-hybridized carbons (Fsp3) is 0.568. The minimum Gasteiger partial charge on any atom is -0.491 e. The number of hydrogen-bond donors (Lipinski definition) is 2. The van der Waals surface area contributed by atoms with Crippen molar-refractivity contribution in [3.63, 3.8) is 0 Å². The summed E-state index contributed by atoms with van der Waals surface area (Å²) in [6.45, 7) is 14.6. The molecule has 11 nitrogen and oxygen atoms in total. The van der Waals surface area contributed by atoms with Gasteiger partial charge in [-0.25, -0.2) is 0 Å². The van der Waals surface area contributed by atoms with E-state index in [9.17, 15) is 14.4 Å². The molecule has 2 N–H and O–H groups in total. The molecule has 0 saturated carbocycles. The number of nitrogens with zero attached hydrogens (tertiary/aromatic N) is 3. The maximum absolute atomic E-state index is 13.0. The first kappa shape index (κ1) is 35.1. The number of rotatable bonds is 10. The number of anilines is 1. The van der Waals surface area contributed by atoms with Crippen LogP contribution in [0.3, 0.4) is 0 Å². The van der Waals surface area contributed by atoms with Gasteiger partial charge in [0.25, 0.3) is 0 Å². The first-order valence-electron chi connectivity index (χ1n) is 17.6.